The van der Waals surface area contributed by atoms with E-state index in [0.29, 0.717) is 0 Å². The Morgan fingerprint density at radius 3 is 2.25 bits per heavy atom. The number of alkyl halides is 1. The second-order valence-electron chi connectivity index (χ2n) is 3.54. The molecule has 1 aliphatic rings. The van der Waals surface area contributed by atoms with Gasteiger partial charge < -0.3 is 5.11 Å². The van der Waals surface area contributed by atoms with E-state index in [4.69, 9.17) is 0 Å². The molecule has 1 fully saturated rings. The number of aliphatic hydroxyl groups excluding tert-OH is 1. The minimum atomic E-state index is -3.24. The highest BCUT2D eigenvalue weighted by atomic mass is 79.9. The number of aliphatic hydroxyl groups is 1. The summed E-state index contributed by atoms with van der Waals surface area (Å²) in [4.78, 5) is 0. The van der Waals surface area contributed by atoms with E-state index in [-0.39, 0.29) is 5.92 Å². The van der Waals surface area contributed by atoms with Crippen LogP contribution in [0.15, 0.2) is 0 Å². The first kappa shape index (κ1) is 10.5. The largest absolute Gasteiger partial charge is 0.390 e. The van der Waals surface area contributed by atoms with Crippen molar-refractivity contribution >= 4 is 25.8 Å². The predicted octanol–water partition coefficient (Wildman–Crippen LogP) is 0.913. The van der Waals surface area contributed by atoms with Crippen LogP contribution in [0.25, 0.3) is 0 Å². The fourth-order valence-electron chi connectivity index (χ4n) is 1.05. The second kappa shape index (κ2) is 2.96. The van der Waals surface area contributed by atoms with Crippen LogP contribution in [-0.2, 0) is 9.84 Å². The molecular formula is C7H13BrO3S. The molecule has 0 saturated heterocycles. The van der Waals surface area contributed by atoms with Crippen LogP contribution < -0.4 is 0 Å². The summed E-state index contributed by atoms with van der Waals surface area (Å²) in [5, 5.41) is 9.63. The normalized spacial score (nSPS) is 26.3. The average Bonchev–Trinajstić information content (AvgIpc) is 2.64. The van der Waals surface area contributed by atoms with E-state index >= 15 is 0 Å². The fraction of sp³-hybridized carbons (Fsp3) is 1.00. The fourth-order valence-corrected chi connectivity index (χ4v) is 2.06. The molecule has 1 aliphatic carbocycles. The molecule has 0 amide bonds. The maximum Gasteiger partial charge on any atom is 0.165 e. The topological polar surface area (TPSA) is 54.4 Å². The SMILES string of the molecule is C[C@@](Br)([C@H](O)C1CC1)S(C)(=O)=O. The lowest BCUT2D eigenvalue weighted by Gasteiger charge is -2.26. The van der Waals surface area contributed by atoms with E-state index < -0.39 is 19.6 Å². The third kappa shape index (κ3) is 1.83. The molecule has 0 unspecified atom stereocenters. The molecule has 3 nitrogen and oxygen atoms in total. The molecule has 0 aliphatic heterocycles. The van der Waals surface area contributed by atoms with Crippen LogP contribution in [0.2, 0.25) is 0 Å². The van der Waals surface area contributed by atoms with Crippen LogP contribution in [0, 0.1) is 5.92 Å². The van der Waals surface area contributed by atoms with Crippen molar-refractivity contribution in [2.45, 2.75) is 29.5 Å². The smallest absolute Gasteiger partial charge is 0.165 e. The van der Waals surface area contributed by atoms with Gasteiger partial charge in [-0.25, -0.2) is 8.42 Å². The molecule has 1 N–H and O–H groups in total. The lowest BCUT2D eigenvalue weighted by atomic mass is 10.2. The average molecular weight is 257 g/mol. The van der Waals surface area contributed by atoms with E-state index in [1.54, 1.807) is 0 Å². The molecule has 0 aromatic rings. The molecule has 1 saturated carbocycles. The lowest BCUT2D eigenvalue weighted by Crippen LogP contribution is -2.41. The van der Waals surface area contributed by atoms with Crippen LogP contribution in [-0.4, -0.2) is 29.5 Å². The summed E-state index contributed by atoms with van der Waals surface area (Å²) in [6.07, 6.45) is 2.20. The lowest BCUT2D eigenvalue weighted by molar-refractivity contribution is 0.142. The Morgan fingerprint density at radius 2 is 2.00 bits per heavy atom. The monoisotopic (exact) mass is 256 g/mol. The molecule has 0 bridgehead atoms. The van der Waals surface area contributed by atoms with Crippen LogP contribution in [0.5, 0.6) is 0 Å². The highest BCUT2D eigenvalue weighted by Gasteiger charge is 2.47. The van der Waals surface area contributed by atoms with Crippen molar-refractivity contribution in [3.05, 3.63) is 0 Å². The first-order valence-electron chi connectivity index (χ1n) is 3.83. The predicted molar refractivity (Wildman–Crippen MR) is 50.9 cm³/mol. The Hall–Kier alpha value is 0.390. The molecule has 0 spiro atoms. The van der Waals surface area contributed by atoms with Crippen molar-refractivity contribution in [3.63, 3.8) is 0 Å². The van der Waals surface area contributed by atoms with Crippen LogP contribution in [0.1, 0.15) is 19.8 Å². The number of hydrogen-bond donors (Lipinski definition) is 1. The van der Waals surface area contributed by atoms with E-state index in [2.05, 4.69) is 15.9 Å². The molecule has 0 heterocycles. The van der Waals surface area contributed by atoms with E-state index in [9.17, 15) is 13.5 Å². The van der Waals surface area contributed by atoms with Crippen molar-refractivity contribution in [2.24, 2.45) is 5.92 Å². The van der Waals surface area contributed by atoms with E-state index in [1.807, 2.05) is 0 Å². The Balaban J connectivity index is 2.83. The molecule has 12 heavy (non-hydrogen) atoms. The zero-order valence-electron chi connectivity index (χ0n) is 7.12. The molecular weight excluding hydrogens is 244 g/mol. The molecule has 2 atom stereocenters. The summed E-state index contributed by atoms with van der Waals surface area (Å²) in [6, 6.07) is 0. The van der Waals surface area contributed by atoms with Crippen LogP contribution >= 0.6 is 15.9 Å². The number of hydrogen-bond acceptors (Lipinski definition) is 3. The minimum absolute atomic E-state index is 0.157. The number of sulfone groups is 1. The standard InChI is InChI=1S/C7H13BrO3S/c1-7(8,12(2,10)11)6(9)5-3-4-5/h5-6,9H,3-4H2,1-2H3/t6-,7+/m1/s1. The van der Waals surface area contributed by atoms with Crippen molar-refractivity contribution in [2.75, 3.05) is 6.26 Å². The first-order chi connectivity index (χ1) is 5.27. The van der Waals surface area contributed by atoms with Gasteiger partial charge in [0.15, 0.2) is 9.84 Å². The summed E-state index contributed by atoms with van der Waals surface area (Å²) in [7, 11) is -3.24. The Bertz CT molecular complexity index is 266. The molecule has 0 radical (unpaired) electrons. The Morgan fingerprint density at radius 1 is 1.58 bits per heavy atom. The van der Waals surface area contributed by atoms with Gasteiger partial charge in [0.25, 0.3) is 0 Å². The first-order valence-corrected chi connectivity index (χ1v) is 6.52. The third-order valence-corrected chi connectivity index (χ3v) is 6.25. The maximum atomic E-state index is 11.2. The molecule has 0 aromatic heterocycles. The number of rotatable bonds is 3. The van der Waals surface area contributed by atoms with Gasteiger partial charge in [-0.1, -0.05) is 15.9 Å². The third-order valence-electron chi connectivity index (χ3n) is 2.32. The van der Waals surface area contributed by atoms with Gasteiger partial charge in [0.2, 0.25) is 0 Å². The van der Waals surface area contributed by atoms with Gasteiger partial charge in [-0.3, -0.25) is 0 Å². The van der Waals surface area contributed by atoms with Crippen molar-refractivity contribution in [1.29, 1.82) is 0 Å². The zero-order valence-corrected chi connectivity index (χ0v) is 9.52. The Labute approximate surface area is 81.2 Å². The summed E-state index contributed by atoms with van der Waals surface area (Å²) >= 11 is 3.07. The van der Waals surface area contributed by atoms with E-state index in [1.165, 1.54) is 6.92 Å². The van der Waals surface area contributed by atoms with Gasteiger partial charge in [-0.05, 0) is 25.7 Å². The summed E-state index contributed by atoms with van der Waals surface area (Å²) in [6.45, 7) is 1.51. The molecule has 72 valence electrons. The summed E-state index contributed by atoms with van der Waals surface area (Å²) < 4.78 is 21.3. The highest BCUT2D eigenvalue weighted by molar-refractivity contribution is 9.11. The van der Waals surface area contributed by atoms with E-state index in [0.717, 1.165) is 19.1 Å². The van der Waals surface area contributed by atoms with Crippen molar-refractivity contribution in [3.8, 4) is 0 Å². The van der Waals surface area contributed by atoms with Gasteiger partial charge in [0.05, 0.1) is 6.10 Å². The van der Waals surface area contributed by atoms with Gasteiger partial charge in [-0.2, -0.15) is 0 Å². The van der Waals surface area contributed by atoms with Gasteiger partial charge in [0, 0.05) is 6.26 Å². The molecule has 0 aromatic carbocycles. The summed E-state index contributed by atoms with van der Waals surface area (Å²) in [5.74, 6) is 0.157. The second-order valence-corrected chi connectivity index (χ2v) is 8.10. The van der Waals surface area contributed by atoms with Crippen LogP contribution in [0.3, 0.4) is 0 Å². The Kier molecular flexibility index (Phi) is 2.58. The van der Waals surface area contributed by atoms with Gasteiger partial charge in [-0.15, -0.1) is 0 Å². The van der Waals surface area contributed by atoms with Crippen molar-refractivity contribution < 1.29 is 13.5 Å². The van der Waals surface area contributed by atoms with Crippen molar-refractivity contribution in [1.82, 2.24) is 0 Å². The molecule has 1 rings (SSSR count). The summed E-state index contributed by atoms with van der Waals surface area (Å²) in [5.41, 5.74) is 0. The molecule has 5 heteroatoms. The maximum absolute atomic E-state index is 11.2. The highest BCUT2D eigenvalue weighted by Crippen LogP contribution is 2.42. The van der Waals surface area contributed by atoms with Gasteiger partial charge >= 0.3 is 0 Å². The number of halogens is 1. The van der Waals surface area contributed by atoms with Gasteiger partial charge in [0.1, 0.15) is 3.66 Å². The van der Waals surface area contributed by atoms with Crippen LogP contribution in [0.4, 0.5) is 0 Å². The quantitative estimate of drug-likeness (QED) is 0.765. The zero-order chi connectivity index (χ0) is 9.57. The minimum Gasteiger partial charge on any atom is -0.390 e.